The fourth-order valence-corrected chi connectivity index (χ4v) is 2.71. The highest BCUT2D eigenvalue weighted by atomic mass is 16.5. The summed E-state index contributed by atoms with van der Waals surface area (Å²) in [6.07, 6.45) is 0.607. The Morgan fingerprint density at radius 2 is 1.84 bits per heavy atom. The lowest BCUT2D eigenvalue weighted by Crippen LogP contribution is -2.21. The van der Waals surface area contributed by atoms with Gasteiger partial charge in [0.05, 0.1) is 12.7 Å². The van der Waals surface area contributed by atoms with Crippen molar-refractivity contribution in [2.45, 2.75) is 26.8 Å². The lowest BCUT2D eigenvalue weighted by Gasteiger charge is -2.06. The van der Waals surface area contributed by atoms with Gasteiger partial charge < -0.3 is 9.30 Å². The largest absolute Gasteiger partial charge is 0.497 e. The van der Waals surface area contributed by atoms with Gasteiger partial charge in [0.15, 0.2) is 11.6 Å². The first kappa shape index (κ1) is 17.0. The lowest BCUT2D eigenvalue weighted by molar-refractivity contribution is 0.414. The van der Waals surface area contributed by atoms with Crippen LogP contribution in [0, 0.1) is 6.92 Å². The predicted octanol–water partition coefficient (Wildman–Crippen LogP) is 2.57. The predicted molar refractivity (Wildman–Crippen MR) is 96.9 cm³/mol. The van der Waals surface area contributed by atoms with E-state index < -0.39 is 0 Å². The molecule has 2 aromatic heterocycles. The first-order chi connectivity index (χ1) is 12.0. The minimum atomic E-state index is -0.0573. The van der Waals surface area contributed by atoms with Crippen LogP contribution in [0.3, 0.4) is 0 Å². The van der Waals surface area contributed by atoms with Gasteiger partial charge in [-0.1, -0.05) is 12.1 Å². The summed E-state index contributed by atoms with van der Waals surface area (Å²) in [5.41, 5.74) is 2.52. The molecule has 0 bridgehead atoms. The molecule has 2 heterocycles. The van der Waals surface area contributed by atoms with Crippen LogP contribution in [0.15, 0.2) is 41.2 Å². The van der Waals surface area contributed by atoms with Crippen LogP contribution in [0.4, 0.5) is 0 Å². The van der Waals surface area contributed by atoms with Gasteiger partial charge in [-0.15, -0.1) is 0 Å². The van der Waals surface area contributed by atoms with E-state index >= 15 is 0 Å². The third kappa shape index (κ3) is 3.33. The summed E-state index contributed by atoms with van der Waals surface area (Å²) in [6.45, 7) is 4.56. The van der Waals surface area contributed by atoms with Crippen LogP contribution < -0.4 is 10.3 Å². The van der Waals surface area contributed by atoms with Crippen LogP contribution in [0.5, 0.6) is 5.75 Å². The molecule has 0 aliphatic heterocycles. The Balaban J connectivity index is 1.97. The molecule has 0 radical (unpaired) electrons. The van der Waals surface area contributed by atoms with Crippen molar-refractivity contribution >= 4 is 0 Å². The molecule has 6 heteroatoms. The second-order valence-electron chi connectivity index (χ2n) is 5.94. The minimum Gasteiger partial charge on any atom is -0.497 e. The number of aryl methyl sites for hydroxylation is 2. The number of ether oxygens (including phenoxy) is 1. The second kappa shape index (κ2) is 6.93. The number of hydrogen-bond donors (Lipinski definition) is 0. The zero-order valence-corrected chi connectivity index (χ0v) is 15.0. The normalized spacial score (nSPS) is 10.9. The first-order valence-electron chi connectivity index (χ1n) is 8.27. The molecule has 25 heavy (non-hydrogen) atoms. The van der Waals surface area contributed by atoms with Crippen LogP contribution >= 0.6 is 0 Å². The van der Waals surface area contributed by atoms with Gasteiger partial charge in [0.2, 0.25) is 0 Å². The molecule has 0 atom stereocenters. The topological polar surface area (TPSA) is 61.9 Å². The van der Waals surface area contributed by atoms with E-state index in [1.807, 2.05) is 50.2 Å². The number of benzene rings is 1. The van der Waals surface area contributed by atoms with Gasteiger partial charge >= 0.3 is 0 Å². The molecule has 0 spiro atoms. The monoisotopic (exact) mass is 338 g/mol. The van der Waals surface area contributed by atoms with Crippen LogP contribution in [0.2, 0.25) is 0 Å². The van der Waals surface area contributed by atoms with Crippen molar-refractivity contribution in [3.8, 4) is 17.1 Å². The number of hydrogen-bond acceptors (Lipinski definition) is 4. The van der Waals surface area contributed by atoms with Gasteiger partial charge in [0.1, 0.15) is 5.75 Å². The summed E-state index contributed by atoms with van der Waals surface area (Å²) in [5, 5.41) is 4.56. The molecule has 0 saturated carbocycles. The molecule has 3 rings (SSSR count). The standard InChI is InChI=1S/C19H22N4O2/c1-5-23-18(16-11-6-13(2)22(3)19(16)24)20-17(21-23)12-14-7-9-15(25-4)10-8-14/h6-11H,5,12H2,1-4H3. The molecular formula is C19H22N4O2. The average Bonchev–Trinajstić information content (AvgIpc) is 3.03. The van der Waals surface area contributed by atoms with Crippen molar-refractivity contribution in [1.82, 2.24) is 19.3 Å². The summed E-state index contributed by atoms with van der Waals surface area (Å²) in [4.78, 5) is 17.2. The molecule has 6 nitrogen and oxygen atoms in total. The van der Waals surface area contributed by atoms with Gasteiger partial charge in [-0.2, -0.15) is 5.10 Å². The zero-order valence-electron chi connectivity index (χ0n) is 15.0. The maximum Gasteiger partial charge on any atom is 0.261 e. The van der Waals surface area contributed by atoms with E-state index in [1.165, 1.54) is 0 Å². The molecule has 1 aromatic carbocycles. The Morgan fingerprint density at radius 1 is 1.12 bits per heavy atom. The van der Waals surface area contributed by atoms with Crippen molar-refractivity contribution < 1.29 is 4.74 Å². The molecular weight excluding hydrogens is 316 g/mol. The van der Waals surface area contributed by atoms with Crippen molar-refractivity contribution in [2.75, 3.05) is 7.11 Å². The van der Waals surface area contributed by atoms with Gasteiger partial charge in [-0.3, -0.25) is 4.79 Å². The first-order valence-corrected chi connectivity index (χ1v) is 8.27. The van der Waals surface area contributed by atoms with Gasteiger partial charge in [0.25, 0.3) is 5.56 Å². The van der Waals surface area contributed by atoms with Gasteiger partial charge in [-0.25, -0.2) is 9.67 Å². The smallest absolute Gasteiger partial charge is 0.261 e. The fourth-order valence-electron chi connectivity index (χ4n) is 2.71. The van der Waals surface area contributed by atoms with Crippen molar-refractivity contribution in [3.63, 3.8) is 0 Å². The van der Waals surface area contributed by atoms with E-state index in [1.54, 1.807) is 23.4 Å². The van der Waals surface area contributed by atoms with E-state index in [9.17, 15) is 4.79 Å². The number of aromatic nitrogens is 4. The van der Waals surface area contributed by atoms with E-state index in [-0.39, 0.29) is 5.56 Å². The Labute approximate surface area is 146 Å². The number of pyridine rings is 1. The molecule has 130 valence electrons. The fraction of sp³-hybridized carbons (Fsp3) is 0.316. The lowest BCUT2D eigenvalue weighted by atomic mass is 10.1. The number of methoxy groups -OCH3 is 1. The SMILES string of the molecule is CCn1nc(Cc2ccc(OC)cc2)nc1-c1ccc(C)n(C)c1=O. The van der Waals surface area contributed by atoms with E-state index in [2.05, 4.69) is 10.1 Å². The van der Waals surface area contributed by atoms with E-state index in [0.29, 0.717) is 30.2 Å². The van der Waals surface area contributed by atoms with E-state index in [4.69, 9.17) is 4.74 Å². The molecule has 0 saturated heterocycles. The third-order valence-electron chi connectivity index (χ3n) is 4.33. The van der Waals surface area contributed by atoms with Crippen LogP contribution in [-0.4, -0.2) is 26.4 Å². The molecule has 0 amide bonds. The van der Waals surface area contributed by atoms with E-state index in [0.717, 1.165) is 17.0 Å². The Bertz CT molecular complexity index is 939. The summed E-state index contributed by atoms with van der Waals surface area (Å²) in [7, 11) is 3.42. The Morgan fingerprint density at radius 3 is 2.48 bits per heavy atom. The third-order valence-corrected chi connectivity index (χ3v) is 4.33. The zero-order chi connectivity index (χ0) is 18.0. The van der Waals surface area contributed by atoms with Crippen LogP contribution in [0.1, 0.15) is 24.0 Å². The molecule has 3 aromatic rings. The summed E-state index contributed by atoms with van der Waals surface area (Å²) >= 11 is 0. The van der Waals surface area contributed by atoms with Crippen molar-refractivity contribution in [2.24, 2.45) is 7.05 Å². The summed E-state index contributed by atoms with van der Waals surface area (Å²) < 4.78 is 8.59. The molecule has 0 aliphatic carbocycles. The van der Waals surface area contributed by atoms with Crippen molar-refractivity contribution in [1.29, 1.82) is 0 Å². The maximum absolute atomic E-state index is 12.6. The highest BCUT2D eigenvalue weighted by molar-refractivity contribution is 5.54. The average molecular weight is 338 g/mol. The molecule has 0 unspecified atom stereocenters. The number of nitrogens with zero attached hydrogens (tertiary/aromatic N) is 4. The second-order valence-corrected chi connectivity index (χ2v) is 5.94. The van der Waals surface area contributed by atoms with Gasteiger partial charge in [0, 0.05) is 25.7 Å². The summed E-state index contributed by atoms with van der Waals surface area (Å²) in [5.74, 6) is 2.14. The highest BCUT2D eigenvalue weighted by Gasteiger charge is 2.15. The quantitative estimate of drug-likeness (QED) is 0.717. The Kier molecular flexibility index (Phi) is 4.70. The molecule has 0 aliphatic rings. The van der Waals surface area contributed by atoms with Crippen molar-refractivity contribution in [3.05, 3.63) is 63.8 Å². The maximum atomic E-state index is 12.6. The minimum absolute atomic E-state index is 0.0573. The molecule has 0 N–H and O–H groups in total. The number of rotatable bonds is 5. The Hall–Kier alpha value is -2.89. The van der Waals surface area contributed by atoms with Gasteiger partial charge in [-0.05, 0) is 43.7 Å². The molecule has 0 fully saturated rings. The summed E-state index contributed by atoms with van der Waals surface area (Å²) in [6, 6.07) is 11.6. The van der Waals surface area contributed by atoms with Crippen LogP contribution in [0.25, 0.3) is 11.4 Å². The highest BCUT2D eigenvalue weighted by Crippen LogP contribution is 2.17. The van der Waals surface area contributed by atoms with Crippen LogP contribution in [-0.2, 0) is 20.0 Å².